The second-order valence-corrected chi connectivity index (χ2v) is 8.36. The molecule has 1 fully saturated rings. The number of nitrogens with one attached hydrogen (secondary N) is 1. The summed E-state index contributed by atoms with van der Waals surface area (Å²) in [6.07, 6.45) is 2.22. The Balaban J connectivity index is 1.58. The van der Waals surface area contributed by atoms with Gasteiger partial charge in [0.15, 0.2) is 6.19 Å². The van der Waals surface area contributed by atoms with Crippen molar-refractivity contribution >= 4 is 28.4 Å². The molecule has 158 valence electrons. The van der Waals surface area contributed by atoms with Gasteiger partial charge < -0.3 is 9.80 Å². The number of benzene rings is 2. The first-order chi connectivity index (χ1) is 15.0. The quantitative estimate of drug-likeness (QED) is 0.294. The zero-order valence-corrected chi connectivity index (χ0v) is 18.3. The Morgan fingerprint density at radius 3 is 2.58 bits per heavy atom. The number of fused-ring (bicyclic) bond motifs is 1. The summed E-state index contributed by atoms with van der Waals surface area (Å²) >= 11 is 0. The molecular formula is C25H28N6. The van der Waals surface area contributed by atoms with Crippen molar-refractivity contribution in [3.8, 4) is 6.19 Å². The van der Waals surface area contributed by atoms with Crippen molar-refractivity contribution in [2.24, 2.45) is 5.92 Å². The summed E-state index contributed by atoms with van der Waals surface area (Å²) in [6.45, 7) is 8.50. The molecule has 6 heteroatoms. The number of pyridine rings is 1. The van der Waals surface area contributed by atoms with Gasteiger partial charge in [-0.25, -0.2) is 9.88 Å². The van der Waals surface area contributed by atoms with Crippen LogP contribution in [0.4, 0.5) is 11.5 Å². The molecule has 0 saturated carbocycles. The summed E-state index contributed by atoms with van der Waals surface area (Å²) in [6, 6.07) is 20.2. The zero-order valence-electron chi connectivity index (χ0n) is 18.3. The number of rotatable bonds is 3. The summed E-state index contributed by atoms with van der Waals surface area (Å²) < 4.78 is 0. The van der Waals surface area contributed by atoms with E-state index in [2.05, 4.69) is 48.0 Å². The third kappa shape index (κ3) is 4.04. The maximum Gasteiger partial charge on any atom is 0.212 e. The van der Waals surface area contributed by atoms with Gasteiger partial charge in [0, 0.05) is 25.0 Å². The van der Waals surface area contributed by atoms with E-state index in [1.165, 1.54) is 4.90 Å². The van der Waals surface area contributed by atoms with Crippen molar-refractivity contribution < 1.29 is 0 Å². The van der Waals surface area contributed by atoms with Crippen molar-refractivity contribution in [3.63, 3.8) is 0 Å². The van der Waals surface area contributed by atoms with Crippen LogP contribution in [0.5, 0.6) is 0 Å². The lowest BCUT2D eigenvalue weighted by atomic mass is 9.99. The first-order valence-corrected chi connectivity index (χ1v) is 10.7. The zero-order chi connectivity index (χ0) is 22.0. The smallest absolute Gasteiger partial charge is 0.212 e. The molecular weight excluding hydrogens is 384 g/mol. The highest BCUT2D eigenvalue weighted by Gasteiger charge is 2.34. The van der Waals surface area contributed by atoms with Crippen LogP contribution in [0.3, 0.4) is 0 Å². The van der Waals surface area contributed by atoms with E-state index < -0.39 is 0 Å². The normalized spacial score (nSPS) is 16.4. The lowest BCUT2D eigenvalue weighted by Crippen LogP contribution is -2.60. The second-order valence-electron chi connectivity index (χ2n) is 8.36. The molecule has 3 aromatic rings. The summed E-state index contributed by atoms with van der Waals surface area (Å²) in [5, 5.41) is 19.9. The summed E-state index contributed by atoms with van der Waals surface area (Å²) in [5.74, 6) is 1.52. The van der Waals surface area contributed by atoms with Crippen LogP contribution in [0, 0.1) is 29.7 Å². The number of guanidine groups is 1. The summed E-state index contributed by atoms with van der Waals surface area (Å²) in [4.78, 5) is 10.7. The number of aryl methyl sites for hydroxylation is 1. The molecule has 0 aliphatic carbocycles. The molecule has 1 aliphatic rings. The van der Waals surface area contributed by atoms with Crippen LogP contribution in [0.25, 0.3) is 10.9 Å². The van der Waals surface area contributed by atoms with Gasteiger partial charge in [-0.1, -0.05) is 50.2 Å². The standard InChI is InChI=1S/C25H28N6/c1-18(2)23-16-29(24-13-12-20-9-5-6-10-21(20)28-24)14-15-30(23)25(27)31(17-26)22-11-7-4-8-19(22)3/h4-13,18,23,27H,14-16H2,1-3H3. The second kappa shape index (κ2) is 8.65. The first-order valence-electron chi connectivity index (χ1n) is 10.7. The van der Waals surface area contributed by atoms with E-state index in [1.807, 2.05) is 49.4 Å². The predicted octanol–water partition coefficient (Wildman–Crippen LogP) is 4.61. The van der Waals surface area contributed by atoms with Crippen molar-refractivity contribution in [2.45, 2.75) is 26.8 Å². The molecule has 2 aromatic carbocycles. The van der Waals surface area contributed by atoms with E-state index in [4.69, 9.17) is 10.4 Å². The van der Waals surface area contributed by atoms with Gasteiger partial charge in [-0.3, -0.25) is 5.41 Å². The fourth-order valence-electron chi connectivity index (χ4n) is 4.24. The number of nitrogens with zero attached hydrogens (tertiary/aromatic N) is 5. The minimum Gasteiger partial charge on any atom is -0.353 e. The summed E-state index contributed by atoms with van der Waals surface area (Å²) in [7, 11) is 0. The number of anilines is 2. The molecule has 0 amide bonds. The number of hydrogen-bond acceptors (Lipinski definition) is 4. The van der Waals surface area contributed by atoms with Gasteiger partial charge in [0.2, 0.25) is 5.96 Å². The SMILES string of the molecule is Cc1ccccc1N(C#N)C(=N)N1CCN(c2ccc3ccccc3n2)CC1C(C)C. The van der Waals surface area contributed by atoms with Gasteiger partial charge in [0.25, 0.3) is 0 Å². The molecule has 1 N–H and O–H groups in total. The average Bonchev–Trinajstić information content (AvgIpc) is 2.80. The van der Waals surface area contributed by atoms with E-state index in [0.717, 1.165) is 41.1 Å². The molecule has 1 aliphatic heterocycles. The Labute approximate surface area is 183 Å². The monoisotopic (exact) mass is 412 g/mol. The van der Waals surface area contributed by atoms with Crippen molar-refractivity contribution in [3.05, 3.63) is 66.2 Å². The fraction of sp³-hybridized carbons (Fsp3) is 0.320. The van der Waals surface area contributed by atoms with E-state index in [1.54, 1.807) is 0 Å². The van der Waals surface area contributed by atoms with Gasteiger partial charge in [0.1, 0.15) is 5.82 Å². The van der Waals surface area contributed by atoms with Gasteiger partial charge >= 0.3 is 0 Å². The Bertz CT molecular complexity index is 1130. The molecule has 2 heterocycles. The number of nitriles is 1. The first kappa shape index (κ1) is 20.7. The van der Waals surface area contributed by atoms with Crippen LogP contribution >= 0.6 is 0 Å². The number of aromatic nitrogens is 1. The Hall–Kier alpha value is -3.59. The summed E-state index contributed by atoms with van der Waals surface area (Å²) in [5.41, 5.74) is 2.73. The van der Waals surface area contributed by atoms with E-state index >= 15 is 0 Å². The highest BCUT2D eigenvalue weighted by molar-refractivity contribution is 5.97. The molecule has 4 rings (SSSR count). The lowest BCUT2D eigenvalue weighted by molar-refractivity contribution is 0.221. The molecule has 1 aromatic heterocycles. The van der Waals surface area contributed by atoms with Crippen LogP contribution in [-0.4, -0.2) is 41.5 Å². The van der Waals surface area contributed by atoms with E-state index in [9.17, 15) is 5.26 Å². The van der Waals surface area contributed by atoms with Gasteiger partial charge in [-0.15, -0.1) is 0 Å². The molecule has 6 nitrogen and oxygen atoms in total. The number of para-hydroxylation sites is 2. The van der Waals surface area contributed by atoms with Gasteiger partial charge in [0.05, 0.1) is 17.2 Å². The van der Waals surface area contributed by atoms with Crippen LogP contribution in [0.1, 0.15) is 19.4 Å². The largest absolute Gasteiger partial charge is 0.353 e. The predicted molar refractivity (Wildman–Crippen MR) is 126 cm³/mol. The van der Waals surface area contributed by atoms with E-state index in [0.29, 0.717) is 12.5 Å². The molecule has 0 spiro atoms. The van der Waals surface area contributed by atoms with Crippen LogP contribution in [-0.2, 0) is 0 Å². The third-order valence-electron chi connectivity index (χ3n) is 6.04. The van der Waals surface area contributed by atoms with Crippen LogP contribution < -0.4 is 9.80 Å². The van der Waals surface area contributed by atoms with Gasteiger partial charge in [-0.05, 0) is 42.7 Å². The Morgan fingerprint density at radius 1 is 1.10 bits per heavy atom. The average molecular weight is 413 g/mol. The minimum absolute atomic E-state index is 0.106. The minimum atomic E-state index is 0.106. The maximum absolute atomic E-state index is 9.85. The fourth-order valence-corrected chi connectivity index (χ4v) is 4.24. The number of piperazine rings is 1. The third-order valence-corrected chi connectivity index (χ3v) is 6.04. The van der Waals surface area contributed by atoms with Crippen molar-refractivity contribution in [1.82, 2.24) is 9.88 Å². The van der Waals surface area contributed by atoms with Crippen LogP contribution in [0.15, 0.2) is 60.7 Å². The Kier molecular flexibility index (Phi) is 5.77. The molecule has 0 bridgehead atoms. The molecule has 1 unspecified atom stereocenters. The van der Waals surface area contributed by atoms with Gasteiger partial charge in [-0.2, -0.15) is 5.26 Å². The number of hydrogen-bond donors (Lipinski definition) is 1. The molecule has 1 atom stereocenters. The van der Waals surface area contributed by atoms with Crippen LogP contribution in [0.2, 0.25) is 0 Å². The Morgan fingerprint density at radius 2 is 1.84 bits per heavy atom. The van der Waals surface area contributed by atoms with Crippen molar-refractivity contribution in [2.75, 3.05) is 29.4 Å². The molecule has 0 radical (unpaired) electrons. The molecule has 31 heavy (non-hydrogen) atoms. The highest BCUT2D eigenvalue weighted by atomic mass is 15.4. The molecule has 1 saturated heterocycles. The van der Waals surface area contributed by atoms with E-state index in [-0.39, 0.29) is 12.0 Å². The topological polar surface area (TPSA) is 70.2 Å². The maximum atomic E-state index is 9.85. The lowest BCUT2D eigenvalue weighted by Gasteiger charge is -2.45. The van der Waals surface area contributed by atoms with Crippen molar-refractivity contribution in [1.29, 1.82) is 10.7 Å². The highest BCUT2D eigenvalue weighted by Crippen LogP contribution is 2.26.